The standard InChI is InChI=1S/C22H25ClN4OS/c1-5-12-27-20(17-9-6-8-14(2)13-17)25-26-22(27)29-16(4)21(28)24-19-11-7-10-18(23)15(19)3/h6-11,13,16H,5,12H2,1-4H3,(H,24,28). The number of hydrogen-bond donors (Lipinski definition) is 1. The number of anilines is 1. The van der Waals surface area contributed by atoms with Gasteiger partial charge < -0.3 is 9.88 Å². The highest BCUT2D eigenvalue weighted by atomic mass is 35.5. The molecule has 152 valence electrons. The summed E-state index contributed by atoms with van der Waals surface area (Å²) in [5.41, 5.74) is 3.79. The maximum Gasteiger partial charge on any atom is 0.237 e. The van der Waals surface area contributed by atoms with E-state index < -0.39 is 0 Å². The number of nitrogens with zero attached hydrogens (tertiary/aromatic N) is 3. The molecule has 1 atom stereocenters. The number of hydrogen-bond acceptors (Lipinski definition) is 4. The van der Waals surface area contributed by atoms with E-state index in [0.717, 1.165) is 40.8 Å². The monoisotopic (exact) mass is 428 g/mol. The van der Waals surface area contributed by atoms with Gasteiger partial charge in [0, 0.05) is 22.8 Å². The normalized spacial score (nSPS) is 12.0. The van der Waals surface area contributed by atoms with E-state index in [4.69, 9.17) is 11.6 Å². The molecule has 0 bridgehead atoms. The van der Waals surface area contributed by atoms with Crippen LogP contribution in [0.5, 0.6) is 0 Å². The van der Waals surface area contributed by atoms with Crippen molar-refractivity contribution in [2.45, 2.75) is 51.1 Å². The first-order chi connectivity index (χ1) is 13.9. The molecule has 1 amide bonds. The molecule has 0 aliphatic rings. The van der Waals surface area contributed by atoms with Crippen LogP contribution >= 0.6 is 23.4 Å². The number of aryl methyl sites for hydroxylation is 1. The number of carbonyl (C=O) groups is 1. The topological polar surface area (TPSA) is 59.8 Å². The van der Waals surface area contributed by atoms with Gasteiger partial charge in [-0.05, 0) is 51.0 Å². The molecule has 1 aromatic heterocycles. The number of amides is 1. The molecule has 0 spiro atoms. The van der Waals surface area contributed by atoms with Gasteiger partial charge in [0.2, 0.25) is 5.91 Å². The molecule has 3 rings (SSSR count). The van der Waals surface area contributed by atoms with Gasteiger partial charge in [-0.3, -0.25) is 4.79 Å². The average Bonchev–Trinajstić information content (AvgIpc) is 3.08. The van der Waals surface area contributed by atoms with Crippen LogP contribution in [0.4, 0.5) is 5.69 Å². The lowest BCUT2D eigenvalue weighted by atomic mass is 10.1. The molecule has 0 fully saturated rings. The minimum atomic E-state index is -0.335. The van der Waals surface area contributed by atoms with Crippen LogP contribution in [0.25, 0.3) is 11.4 Å². The Bertz CT molecular complexity index is 1020. The molecule has 3 aromatic rings. The predicted octanol–water partition coefficient (Wildman–Crippen LogP) is 5.74. The molecule has 0 aliphatic heterocycles. The zero-order valence-electron chi connectivity index (χ0n) is 17.1. The largest absolute Gasteiger partial charge is 0.325 e. The van der Waals surface area contributed by atoms with E-state index in [0.29, 0.717) is 5.02 Å². The molecule has 2 aromatic carbocycles. The second kappa shape index (κ2) is 9.46. The Kier molecular flexibility index (Phi) is 6.98. The van der Waals surface area contributed by atoms with Crippen LogP contribution in [-0.2, 0) is 11.3 Å². The van der Waals surface area contributed by atoms with Gasteiger partial charge in [0.05, 0.1) is 5.25 Å². The Morgan fingerprint density at radius 1 is 1.21 bits per heavy atom. The Labute approximate surface area is 180 Å². The van der Waals surface area contributed by atoms with Gasteiger partial charge in [-0.15, -0.1) is 10.2 Å². The highest BCUT2D eigenvalue weighted by molar-refractivity contribution is 8.00. The van der Waals surface area contributed by atoms with E-state index in [1.165, 1.54) is 17.3 Å². The van der Waals surface area contributed by atoms with E-state index in [1.807, 2.05) is 44.2 Å². The Morgan fingerprint density at radius 3 is 2.69 bits per heavy atom. The van der Waals surface area contributed by atoms with Gasteiger partial charge in [0.1, 0.15) is 0 Å². The second-order valence-corrected chi connectivity index (χ2v) is 8.70. The first kappa shape index (κ1) is 21.4. The summed E-state index contributed by atoms with van der Waals surface area (Å²) in [5.74, 6) is 0.736. The van der Waals surface area contributed by atoms with E-state index in [-0.39, 0.29) is 11.2 Å². The van der Waals surface area contributed by atoms with Crippen molar-refractivity contribution in [2.24, 2.45) is 0 Å². The van der Waals surface area contributed by atoms with E-state index in [9.17, 15) is 4.79 Å². The zero-order chi connectivity index (χ0) is 21.0. The highest BCUT2D eigenvalue weighted by Gasteiger charge is 2.21. The molecule has 0 radical (unpaired) electrons. The SMILES string of the molecule is CCCn1c(SC(C)C(=O)Nc2cccc(Cl)c2C)nnc1-c1cccc(C)c1. The molecule has 0 saturated heterocycles. The van der Waals surface area contributed by atoms with Crippen molar-refractivity contribution >= 4 is 35.0 Å². The maximum atomic E-state index is 12.7. The predicted molar refractivity (Wildman–Crippen MR) is 121 cm³/mol. The van der Waals surface area contributed by atoms with Crippen molar-refractivity contribution in [2.75, 3.05) is 5.32 Å². The fourth-order valence-electron chi connectivity index (χ4n) is 2.99. The molecule has 29 heavy (non-hydrogen) atoms. The number of thioether (sulfide) groups is 1. The third-order valence-corrected chi connectivity index (χ3v) is 6.11. The molecular formula is C22H25ClN4OS. The van der Waals surface area contributed by atoms with Crippen molar-refractivity contribution in [3.8, 4) is 11.4 Å². The van der Waals surface area contributed by atoms with E-state index in [2.05, 4.69) is 46.1 Å². The zero-order valence-corrected chi connectivity index (χ0v) is 18.6. The molecule has 7 heteroatoms. The minimum Gasteiger partial charge on any atom is -0.325 e. The molecular weight excluding hydrogens is 404 g/mol. The van der Waals surface area contributed by atoms with E-state index >= 15 is 0 Å². The summed E-state index contributed by atoms with van der Waals surface area (Å²) in [7, 11) is 0. The minimum absolute atomic E-state index is 0.0940. The summed E-state index contributed by atoms with van der Waals surface area (Å²) in [4.78, 5) is 12.7. The lowest BCUT2D eigenvalue weighted by Crippen LogP contribution is -2.23. The van der Waals surface area contributed by atoms with Gasteiger partial charge in [-0.1, -0.05) is 60.1 Å². The van der Waals surface area contributed by atoms with Gasteiger partial charge in [0.25, 0.3) is 0 Å². The summed E-state index contributed by atoms with van der Waals surface area (Å²) in [6, 6.07) is 13.7. The number of nitrogens with one attached hydrogen (secondary N) is 1. The highest BCUT2D eigenvalue weighted by Crippen LogP contribution is 2.29. The summed E-state index contributed by atoms with van der Waals surface area (Å²) in [6.07, 6.45) is 0.951. The van der Waals surface area contributed by atoms with Crippen LogP contribution in [0.1, 0.15) is 31.4 Å². The van der Waals surface area contributed by atoms with Gasteiger partial charge in [-0.2, -0.15) is 0 Å². The van der Waals surface area contributed by atoms with Crippen LogP contribution < -0.4 is 5.32 Å². The molecule has 0 saturated carbocycles. The lowest BCUT2D eigenvalue weighted by molar-refractivity contribution is -0.115. The van der Waals surface area contributed by atoms with Crippen molar-refractivity contribution in [1.82, 2.24) is 14.8 Å². The first-order valence-corrected chi connectivity index (χ1v) is 10.9. The van der Waals surface area contributed by atoms with Crippen LogP contribution in [0, 0.1) is 13.8 Å². The quantitative estimate of drug-likeness (QED) is 0.487. The van der Waals surface area contributed by atoms with Crippen LogP contribution in [0.15, 0.2) is 47.6 Å². The summed E-state index contributed by atoms with van der Waals surface area (Å²) in [6.45, 7) is 8.73. The average molecular weight is 429 g/mol. The Hall–Kier alpha value is -2.31. The molecule has 0 aliphatic carbocycles. The van der Waals surface area contributed by atoms with Crippen LogP contribution in [0.3, 0.4) is 0 Å². The summed E-state index contributed by atoms with van der Waals surface area (Å²) in [5, 5.41) is 12.8. The van der Waals surface area contributed by atoms with Gasteiger partial charge in [0.15, 0.2) is 11.0 Å². The van der Waals surface area contributed by atoms with Gasteiger partial charge >= 0.3 is 0 Å². The van der Waals surface area contributed by atoms with Gasteiger partial charge in [-0.25, -0.2) is 0 Å². The molecule has 1 unspecified atom stereocenters. The Morgan fingerprint density at radius 2 is 1.97 bits per heavy atom. The number of rotatable bonds is 7. The maximum absolute atomic E-state index is 12.7. The third-order valence-electron chi connectivity index (χ3n) is 4.62. The van der Waals surface area contributed by atoms with Crippen LogP contribution in [-0.4, -0.2) is 25.9 Å². The number of benzene rings is 2. The lowest BCUT2D eigenvalue weighted by Gasteiger charge is -2.15. The van der Waals surface area contributed by atoms with E-state index in [1.54, 1.807) is 0 Å². The summed E-state index contributed by atoms with van der Waals surface area (Å²) >= 11 is 7.57. The van der Waals surface area contributed by atoms with Crippen molar-refractivity contribution in [3.63, 3.8) is 0 Å². The molecule has 5 nitrogen and oxygen atoms in total. The molecule has 1 N–H and O–H groups in total. The fraction of sp³-hybridized carbons (Fsp3) is 0.318. The number of halogens is 1. The summed E-state index contributed by atoms with van der Waals surface area (Å²) < 4.78 is 2.09. The van der Waals surface area contributed by atoms with Crippen molar-refractivity contribution in [3.05, 3.63) is 58.6 Å². The molecule has 1 heterocycles. The smallest absolute Gasteiger partial charge is 0.237 e. The third kappa shape index (κ3) is 5.00. The first-order valence-electron chi connectivity index (χ1n) is 9.63. The fourth-order valence-corrected chi connectivity index (χ4v) is 4.04. The van der Waals surface area contributed by atoms with Crippen LogP contribution in [0.2, 0.25) is 5.02 Å². The second-order valence-electron chi connectivity index (χ2n) is 6.99. The Balaban J connectivity index is 1.80. The van der Waals surface area contributed by atoms with Crippen molar-refractivity contribution in [1.29, 1.82) is 0 Å². The number of aromatic nitrogens is 3. The number of carbonyl (C=O) groups excluding carboxylic acids is 1. The van der Waals surface area contributed by atoms with Crippen molar-refractivity contribution < 1.29 is 4.79 Å².